The lowest BCUT2D eigenvalue weighted by molar-refractivity contribution is -0.121. The molecule has 0 saturated heterocycles. The standard InChI is InChI=1S/C22H17Cl4N3O3S/c23-17-6-8-20(9-7-17)33(31,32)29(13-16-4-5-19(25)11-21(16)26)14-22(30)28-27-12-15-2-1-3-18(24)10-15/h1-12H,13-14H2,(H,28,30)/b27-12-. The Balaban J connectivity index is 1.82. The first-order chi connectivity index (χ1) is 15.6. The molecule has 11 heteroatoms. The summed E-state index contributed by atoms with van der Waals surface area (Å²) in [4.78, 5) is 12.5. The molecule has 0 unspecified atom stereocenters. The van der Waals surface area contributed by atoms with Gasteiger partial charge in [-0.1, -0.05) is 64.6 Å². The summed E-state index contributed by atoms with van der Waals surface area (Å²) in [6.07, 6.45) is 1.40. The Bertz CT molecular complexity index is 1280. The number of nitrogens with zero attached hydrogens (tertiary/aromatic N) is 2. The van der Waals surface area contributed by atoms with Gasteiger partial charge in [0.05, 0.1) is 17.7 Å². The topological polar surface area (TPSA) is 78.8 Å². The second-order valence-corrected chi connectivity index (χ2v) is 10.5. The molecule has 172 valence electrons. The summed E-state index contributed by atoms with van der Waals surface area (Å²) in [5, 5.41) is 5.46. The van der Waals surface area contributed by atoms with E-state index in [9.17, 15) is 13.2 Å². The highest BCUT2D eigenvalue weighted by atomic mass is 35.5. The maximum absolute atomic E-state index is 13.3. The van der Waals surface area contributed by atoms with E-state index in [0.717, 1.165) is 4.31 Å². The molecule has 1 amide bonds. The van der Waals surface area contributed by atoms with Gasteiger partial charge in [-0.05, 0) is 59.7 Å². The molecule has 0 spiro atoms. The number of amides is 1. The van der Waals surface area contributed by atoms with Gasteiger partial charge < -0.3 is 0 Å². The normalized spacial score (nSPS) is 11.8. The highest BCUT2D eigenvalue weighted by molar-refractivity contribution is 7.89. The summed E-state index contributed by atoms with van der Waals surface area (Å²) >= 11 is 24.0. The van der Waals surface area contributed by atoms with Gasteiger partial charge >= 0.3 is 0 Å². The lowest BCUT2D eigenvalue weighted by Gasteiger charge is -2.22. The van der Waals surface area contributed by atoms with Gasteiger partial charge in [0, 0.05) is 26.6 Å². The van der Waals surface area contributed by atoms with Gasteiger partial charge in [0.2, 0.25) is 10.0 Å². The fraction of sp³-hybridized carbons (Fsp3) is 0.0909. The predicted octanol–water partition coefficient (Wildman–Crippen LogP) is 5.64. The SMILES string of the molecule is O=C(CN(Cc1ccc(Cl)cc1Cl)S(=O)(=O)c1ccc(Cl)cc1)N/N=C\c1cccc(Cl)c1. The largest absolute Gasteiger partial charge is 0.272 e. The molecule has 6 nitrogen and oxygen atoms in total. The number of carbonyl (C=O) groups excluding carboxylic acids is 1. The van der Waals surface area contributed by atoms with E-state index in [1.807, 2.05) is 0 Å². The van der Waals surface area contributed by atoms with Gasteiger partial charge in [0.1, 0.15) is 0 Å². The van der Waals surface area contributed by atoms with Gasteiger partial charge in [-0.15, -0.1) is 0 Å². The molecule has 0 aliphatic heterocycles. The van der Waals surface area contributed by atoms with Crippen LogP contribution in [0.15, 0.2) is 76.7 Å². The van der Waals surface area contributed by atoms with Crippen molar-refractivity contribution in [3.63, 3.8) is 0 Å². The minimum absolute atomic E-state index is 0.0211. The average Bonchev–Trinajstić information content (AvgIpc) is 2.75. The number of hydrogen-bond acceptors (Lipinski definition) is 4. The van der Waals surface area contributed by atoms with E-state index < -0.39 is 22.5 Å². The first-order valence-corrected chi connectivity index (χ1v) is 12.4. The van der Waals surface area contributed by atoms with Crippen LogP contribution in [0.2, 0.25) is 20.1 Å². The summed E-state index contributed by atoms with van der Waals surface area (Å²) in [7, 11) is -4.07. The Kier molecular flexibility index (Phi) is 8.75. The van der Waals surface area contributed by atoms with Crippen molar-refractivity contribution in [3.05, 3.63) is 97.9 Å². The van der Waals surface area contributed by atoms with Gasteiger partial charge in [-0.3, -0.25) is 4.79 Å². The zero-order valence-corrected chi connectivity index (χ0v) is 20.7. The van der Waals surface area contributed by atoms with Crippen LogP contribution in [0.3, 0.4) is 0 Å². The quantitative estimate of drug-likeness (QED) is 0.294. The summed E-state index contributed by atoms with van der Waals surface area (Å²) in [5.41, 5.74) is 3.48. The molecule has 0 aliphatic carbocycles. The number of halogens is 4. The Morgan fingerprint density at radius 3 is 2.24 bits per heavy atom. The molecule has 33 heavy (non-hydrogen) atoms. The maximum Gasteiger partial charge on any atom is 0.255 e. The van der Waals surface area contributed by atoms with Crippen LogP contribution in [0.5, 0.6) is 0 Å². The molecule has 0 radical (unpaired) electrons. The lowest BCUT2D eigenvalue weighted by Crippen LogP contribution is -2.39. The van der Waals surface area contributed by atoms with Crippen LogP contribution in [-0.2, 0) is 21.4 Å². The molecule has 0 bridgehead atoms. The van der Waals surface area contributed by atoms with Crippen LogP contribution in [0, 0.1) is 0 Å². The Morgan fingerprint density at radius 2 is 1.58 bits per heavy atom. The lowest BCUT2D eigenvalue weighted by atomic mass is 10.2. The third-order valence-electron chi connectivity index (χ3n) is 4.38. The number of nitrogens with one attached hydrogen (secondary N) is 1. The van der Waals surface area contributed by atoms with Crippen molar-refractivity contribution in [3.8, 4) is 0 Å². The molecule has 0 atom stereocenters. The minimum atomic E-state index is -4.07. The van der Waals surface area contributed by atoms with Crippen LogP contribution in [-0.4, -0.2) is 31.4 Å². The monoisotopic (exact) mass is 543 g/mol. The Hall–Kier alpha value is -2.13. The molecule has 0 aromatic heterocycles. The second kappa shape index (κ2) is 11.3. The van der Waals surface area contributed by atoms with Gasteiger partial charge in [-0.2, -0.15) is 9.41 Å². The molecular formula is C22H17Cl4N3O3S. The van der Waals surface area contributed by atoms with Crippen LogP contribution in [0.1, 0.15) is 11.1 Å². The molecule has 3 aromatic rings. The van der Waals surface area contributed by atoms with E-state index in [2.05, 4.69) is 10.5 Å². The van der Waals surface area contributed by atoms with Crippen molar-refractivity contribution in [2.24, 2.45) is 5.10 Å². The van der Waals surface area contributed by atoms with E-state index in [1.54, 1.807) is 36.4 Å². The predicted molar refractivity (Wildman–Crippen MR) is 133 cm³/mol. The molecule has 1 N–H and O–H groups in total. The van der Waals surface area contributed by atoms with E-state index in [1.165, 1.54) is 36.5 Å². The van der Waals surface area contributed by atoms with Crippen LogP contribution < -0.4 is 5.43 Å². The summed E-state index contributed by atoms with van der Waals surface area (Å²) in [6.45, 7) is -0.664. The molecule has 3 aromatic carbocycles. The molecule has 3 rings (SSSR count). The maximum atomic E-state index is 13.3. The van der Waals surface area contributed by atoms with Gasteiger partial charge in [-0.25, -0.2) is 13.8 Å². The van der Waals surface area contributed by atoms with E-state index >= 15 is 0 Å². The Labute approximate surface area is 211 Å². The number of hydrogen-bond donors (Lipinski definition) is 1. The molecule has 0 aliphatic rings. The van der Waals surface area contributed by atoms with E-state index in [4.69, 9.17) is 46.4 Å². The van der Waals surface area contributed by atoms with Gasteiger partial charge in [0.15, 0.2) is 0 Å². The van der Waals surface area contributed by atoms with E-state index in [-0.39, 0.29) is 16.5 Å². The smallest absolute Gasteiger partial charge is 0.255 e. The zero-order valence-electron chi connectivity index (χ0n) is 16.9. The first-order valence-electron chi connectivity index (χ1n) is 9.42. The van der Waals surface area contributed by atoms with Crippen molar-refractivity contribution < 1.29 is 13.2 Å². The molecule has 0 fully saturated rings. The summed E-state index contributed by atoms with van der Waals surface area (Å²) < 4.78 is 27.5. The van der Waals surface area contributed by atoms with Crippen LogP contribution in [0.25, 0.3) is 0 Å². The highest BCUT2D eigenvalue weighted by Crippen LogP contribution is 2.25. The molecule has 0 saturated carbocycles. The highest BCUT2D eigenvalue weighted by Gasteiger charge is 2.27. The Morgan fingerprint density at radius 1 is 0.909 bits per heavy atom. The summed E-state index contributed by atoms with van der Waals surface area (Å²) in [5.74, 6) is -0.643. The van der Waals surface area contributed by atoms with Crippen LogP contribution in [0.4, 0.5) is 0 Å². The first kappa shape index (κ1) is 25.5. The fourth-order valence-corrected chi connectivity index (χ4v) is 4.95. The zero-order chi connectivity index (χ0) is 24.0. The molecular weight excluding hydrogens is 528 g/mol. The third kappa shape index (κ3) is 7.17. The number of hydrazone groups is 1. The number of benzene rings is 3. The van der Waals surface area contributed by atoms with Crippen molar-refractivity contribution in [2.45, 2.75) is 11.4 Å². The van der Waals surface area contributed by atoms with Crippen molar-refractivity contribution in [1.82, 2.24) is 9.73 Å². The fourth-order valence-electron chi connectivity index (χ4n) is 2.78. The van der Waals surface area contributed by atoms with Crippen molar-refractivity contribution in [2.75, 3.05) is 6.54 Å². The van der Waals surface area contributed by atoms with Crippen LogP contribution >= 0.6 is 46.4 Å². The van der Waals surface area contributed by atoms with Crippen molar-refractivity contribution in [1.29, 1.82) is 0 Å². The van der Waals surface area contributed by atoms with Crippen molar-refractivity contribution >= 4 is 68.5 Å². The number of sulfonamides is 1. The summed E-state index contributed by atoms with van der Waals surface area (Å²) in [6, 6.07) is 17.2. The third-order valence-corrected chi connectivity index (χ3v) is 7.26. The molecule has 0 heterocycles. The number of rotatable bonds is 8. The van der Waals surface area contributed by atoms with E-state index in [0.29, 0.717) is 26.2 Å². The van der Waals surface area contributed by atoms with Gasteiger partial charge in [0.25, 0.3) is 5.91 Å². The number of carbonyl (C=O) groups is 1. The average molecular weight is 545 g/mol. The second-order valence-electron chi connectivity index (χ2n) is 6.81. The minimum Gasteiger partial charge on any atom is -0.272 e.